The monoisotopic (exact) mass is 753 g/mol. The van der Waals surface area contributed by atoms with E-state index in [9.17, 15) is 9.59 Å². The Morgan fingerprint density at radius 3 is 1.58 bits per heavy atom. The second kappa shape index (κ2) is 18.7. The number of anilines is 2. The molecule has 4 aromatic heterocycles. The maximum atomic E-state index is 12.7. The third-order valence-corrected chi connectivity index (χ3v) is 11.1. The number of hydrogen-bond donors (Lipinski definition) is 2. The Kier molecular flexibility index (Phi) is 13.6. The van der Waals surface area contributed by atoms with Gasteiger partial charge in [0.25, 0.3) is 0 Å². The van der Waals surface area contributed by atoms with Gasteiger partial charge in [0.15, 0.2) is 17.4 Å². The molecule has 14 nitrogen and oxygen atoms in total. The van der Waals surface area contributed by atoms with Crippen LogP contribution in [0.2, 0.25) is 0 Å². The molecular weight excluding hydrogens is 695 g/mol. The molecule has 3 N–H and O–H groups in total. The van der Waals surface area contributed by atoms with Crippen LogP contribution in [0.4, 0.5) is 11.6 Å². The van der Waals surface area contributed by atoms with Gasteiger partial charge in [-0.25, -0.2) is 29.9 Å². The number of carboxylic acids is 1. The Labute approximate surface area is 325 Å². The van der Waals surface area contributed by atoms with Gasteiger partial charge in [-0.1, -0.05) is 51.4 Å². The first-order chi connectivity index (χ1) is 26.5. The number of rotatable bonds is 10. The number of Topliss-reactive ketones (excluding diaryl/α,β-unsaturated/α-hetero) is 1. The second-order valence-electron chi connectivity index (χ2n) is 15.9. The van der Waals surface area contributed by atoms with Crippen molar-refractivity contribution in [2.45, 2.75) is 115 Å². The van der Waals surface area contributed by atoms with Crippen molar-refractivity contribution < 1.29 is 14.7 Å². The van der Waals surface area contributed by atoms with Crippen molar-refractivity contribution in [3.63, 3.8) is 0 Å². The standard InChI is InChI=1S/C21H29N5O.C14H17N5O2.C6H13N/c1-25-13-19(22-14-25)20-23-18-10-6-9-17(18)21(24-20)26(2)12-16(27)11-15-7-4-3-5-8-15;1-18-6-11(15-8-18)13-16-10-5-3-4-9(10)14(17-13)19(2)7-12(20)21;7-6-4-2-1-3-5-6/h13-15H,3-12H2,1-2H3;6,8H,3-5,7H2,1-2H3,(H,20,21);6H,1-5,7H2. The molecule has 0 unspecified atom stereocenters. The maximum absolute atomic E-state index is 12.7. The number of aromatic nitrogens is 8. The van der Waals surface area contributed by atoms with Gasteiger partial charge in [-0.2, -0.15) is 0 Å². The van der Waals surface area contributed by atoms with Gasteiger partial charge in [0.05, 0.1) is 19.2 Å². The third-order valence-electron chi connectivity index (χ3n) is 11.1. The van der Waals surface area contributed by atoms with Gasteiger partial charge in [0, 0.05) is 75.6 Å². The Morgan fingerprint density at radius 1 is 0.691 bits per heavy atom. The first kappa shape index (κ1) is 40.0. The van der Waals surface area contributed by atoms with Gasteiger partial charge in [-0.15, -0.1) is 0 Å². The number of hydrogen-bond acceptors (Lipinski definition) is 11. The lowest BCUT2D eigenvalue weighted by molar-refractivity contribution is -0.135. The number of ketones is 1. The fourth-order valence-electron chi connectivity index (χ4n) is 8.27. The zero-order chi connectivity index (χ0) is 38.9. The van der Waals surface area contributed by atoms with Gasteiger partial charge < -0.3 is 29.8 Å². The molecule has 296 valence electrons. The van der Waals surface area contributed by atoms with Gasteiger partial charge in [-0.05, 0) is 57.3 Å². The van der Waals surface area contributed by atoms with Crippen molar-refractivity contribution in [1.82, 2.24) is 39.0 Å². The average Bonchev–Trinajstić information content (AvgIpc) is 4.00. The highest BCUT2D eigenvalue weighted by atomic mass is 16.4. The normalized spacial score (nSPS) is 16.7. The largest absolute Gasteiger partial charge is 0.480 e. The molecule has 2 saturated carbocycles. The first-order valence-corrected chi connectivity index (χ1v) is 20.2. The lowest BCUT2D eigenvalue weighted by Crippen LogP contribution is -2.29. The molecule has 2 fully saturated rings. The molecular formula is C41H59N11O3. The Hall–Kier alpha value is -4.72. The van der Waals surface area contributed by atoms with Crippen LogP contribution in [0.5, 0.6) is 0 Å². The molecule has 0 bridgehead atoms. The minimum absolute atomic E-state index is 0.0783. The van der Waals surface area contributed by atoms with Crippen molar-refractivity contribution in [2.75, 3.05) is 37.0 Å². The van der Waals surface area contributed by atoms with E-state index in [1.165, 1.54) is 69.8 Å². The number of imidazole rings is 2. The summed E-state index contributed by atoms with van der Waals surface area (Å²) in [5, 5.41) is 8.98. The predicted octanol–water partition coefficient (Wildman–Crippen LogP) is 5.51. The molecule has 55 heavy (non-hydrogen) atoms. The summed E-state index contributed by atoms with van der Waals surface area (Å²) in [6, 6.07) is 0.536. The summed E-state index contributed by atoms with van der Waals surface area (Å²) in [7, 11) is 7.57. The van der Waals surface area contributed by atoms with Crippen LogP contribution in [0, 0.1) is 5.92 Å². The molecule has 4 aromatic rings. The number of fused-ring (bicyclic) bond motifs is 2. The first-order valence-electron chi connectivity index (χ1n) is 20.2. The molecule has 4 heterocycles. The maximum Gasteiger partial charge on any atom is 0.323 e. The summed E-state index contributed by atoms with van der Waals surface area (Å²) in [5.74, 6) is 2.88. The highest BCUT2D eigenvalue weighted by Gasteiger charge is 2.26. The van der Waals surface area contributed by atoms with Gasteiger partial charge in [0.2, 0.25) is 0 Å². The third kappa shape index (κ3) is 10.7. The molecule has 8 rings (SSSR count). The van der Waals surface area contributed by atoms with E-state index in [4.69, 9.17) is 20.8 Å². The number of aryl methyl sites for hydroxylation is 4. The topological polar surface area (TPSA) is 174 Å². The zero-order valence-corrected chi connectivity index (χ0v) is 33.2. The summed E-state index contributed by atoms with van der Waals surface area (Å²) in [5.41, 5.74) is 11.5. The predicted molar refractivity (Wildman–Crippen MR) is 214 cm³/mol. The zero-order valence-electron chi connectivity index (χ0n) is 33.2. The summed E-state index contributed by atoms with van der Waals surface area (Å²) in [6.45, 7) is 0.354. The number of carbonyl (C=O) groups is 2. The highest BCUT2D eigenvalue weighted by molar-refractivity contribution is 5.83. The molecule has 4 aliphatic rings. The molecule has 4 aliphatic carbocycles. The number of likely N-dealkylation sites (N-methyl/N-ethyl adjacent to an activating group) is 2. The number of carbonyl (C=O) groups excluding carboxylic acids is 1. The molecule has 0 aliphatic heterocycles. The SMILES string of the molecule is CN(CC(=O)CC1CCCCC1)c1nc(-c2cn(C)cn2)nc2c1CCC2.CN(CC(=O)O)c1nc(-c2cn(C)cn2)nc2c1CCC2.NC1CCCCC1. The summed E-state index contributed by atoms with van der Waals surface area (Å²) in [6.07, 6.45) is 26.9. The summed E-state index contributed by atoms with van der Waals surface area (Å²) in [4.78, 5) is 54.7. The van der Waals surface area contributed by atoms with Crippen molar-refractivity contribution in [3.8, 4) is 23.0 Å². The van der Waals surface area contributed by atoms with E-state index >= 15 is 0 Å². The van der Waals surface area contributed by atoms with Crippen molar-refractivity contribution in [1.29, 1.82) is 0 Å². The minimum atomic E-state index is -0.873. The van der Waals surface area contributed by atoms with Crippen LogP contribution in [0.25, 0.3) is 23.0 Å². The molecule has 0 atom stereocenters. The van der Waals surface area contributed by atoms with E-state index in [2.05, 4.69) is 19.9 Å². The van der Waals surface area contributed by atoms with E-state index in [1.807, 2.05) is 47.6 Å². The van der Waals surface area contributed by atoms with E-state index in [0.29, 0.717) is 53.9 Å². The summed E-state index contributed by atoms with van der Waals surface area (Å²) < 4.78 is 3.75. The van der Waals surface area contributed by atoms with Crippen LogP contribution in [-0.4, -0.2) is 89.1 Å². The van der Waals surface area contributed by atoms with Crippen LogP contribution in [0.1, 0.15) is 106 Å². The number of carboxylic acid groups (broad SMARTS) is 1. The van der Waals surface area contributed by atoms with Crippen molar-refractivity contribution >= 4 is 23.4 Å². The van der Waals surface area contributed by atoms with E-state index in [0.717, 1.165) is 67.0 Å². The fraction of sp³-hybridized carbons (Fsp3) is 0.610. The molecule has 14 heteroatoms. The lowest BCUT2D eigenvalue weighted by atomic mass is 9.86. The van der Waals surface area contributed by atoms with Crippen LogP contribution < -0.4 is 15.5 Å². The Morgan fingerprint density at radius 2 is 1.16 bits per heavy atom. The average molecular weight is 754 g/mol. The van der Waals surface area contributed by atoms with Crippen LogP contribution in [-0.2, 0) is 49.4 Å². The lowest BCUT2D eigenvalue weighted by Gasteiger charge is -2.24. The van der Waals surface area contributed by atoms with E-state index in [1.54, 1.807) is 24.6 Å². The molecule has 0 aromatic carbocycles. The van der Waals surface area contributed by atoms with E-state index in [-0.39, 0.29) is 6.54 Å². The van der Waals surface area contributed by atoms with Gasteiger partial charge in [0.1, 0.15) is 29.6 Å². The van der Waals surface area contributed by atoms with Crippen molar-refractivity contribution in [3.05, 3.63) is 47.6 Å². The molecule has 0 amide bonds. The highest BCUT2D eigenvalue weighted by Crippen LogP contribution is 2.32. The number of nitrogens with zero attached hydrogens (tertiary/aromatic N) is 10. The Balaban J connectivity index is 0.000000162. The van der Waals surface area contributed by atoms with E-state index < -0.39 is 5.97 Å². The molecule has 0 spiro atoms. The van der Waals surface area contributed by atoms with Crippen LogP contribution in [0.3, 0.4) is 0 Å². The number of aliphatic carboxylic acids is 1. The molecule has 0 saturated heterocycles. The van der Waals surface area contributed by atoms with Gasteiger partial charge in [-0.3, -0.25) is 9.59 Å². The fourth-order valence-corrected chi connectivity index (χ4v) is 8.27. The second-order valence-corrected chi connectivity index (χ2v) is 15.9. The summed E-state index contributed by atoms with van der Waals surface area (Å²) >= 11 is 0. The van der Waals surface area contributed by atoms with Gasteiger partial charge >= 0.3 is 5.97 Å². The quantitative estimate of drug-likeness (QED) is 0.208. The van der Waals surface area contributed by atoms with Crippen LogP contribution >= 0.6 is 0 Å². The van der Waals surface area contributed by atoms with Crippen LogP contribution in [0.15, 0.2) is 25.0 Å². The smallest absolute Gasteiger partial charge is 0.323 e. The minimum Gasteiger partial charge on any atom is -0.480 e. The Bertz CT molecular complexity index is 1910. The number of nitrogens with two attached hydrogens (primary N) is 1. The van der Waals surface area contributed by atoms with Crippen molar-refractivity contribution in [2.24, 2.45) is 25.7 Å². The molecule has 0 radical (unpaired) electrons.